The van der Waals surface area contributed by atoms with Crippen molar-refractivity contribution in [3.8, 4) is 0 Å². The molecule has 1 rings (SSSR count). The second-order valence-electron chi connectivity index (χ2n) is 4.95. The van der Waals surface area contributed by atoms with Crippen LogP contribution in [0.4, 0.5) is 0 Å². The Morgan fingerprint density at radius 2 is 1.94 bits per heavy atom. The fraction of sp³-hybridized carbons (Fsp3) is 0.500. The summed E-state index contributed by atoms with van der Waals surface area (Å²) in [6.07, 6.45) is 0.817. The number of nitrogens with one attached hydrogen (secondary N) is 1. The number of likely N-dealkylation sites (N-methyl/N-ethyl adjacent to an activating group) is 1. The van der Waals surface area contributed by atoms with E-state index in [4.69, 9.17) is 5.73 Å². The molecule has 0 heterocycles. The lowest BCUT2D eigenvalue weighted by atomic mass is 10.1. The Balaban J connectivity index is 2.64. The molecule has 0 fully saturated rings. The molecule has 4 heteroatoms. The van der Waals surface area contributed by atoms with E-state index in [1.165, 1.54) is 5.56 Å². The smallest absolute Gasteiger partial charge is 0.236 e. The lowest BCUT2D eigenvalue weighted by molar-refractivity contribution is -0.122. The third-order valence-electron chi connectivity index (χ3n) is 2.67. The normalized spacial score (nSPS) is 14.3. The van der Waals surface area contributed by atoms with Gasteiger partial charge in [0.05, 0.1) is 6.04 Å². The fourth-order valence-electron chi connectivity index (χ4n) is 1.83. The van der Waals surface area contributed by atoms with Crippen molar-refractivity contribution in [3.05, 3.63) is 35.9 Å². The third kappa shape index (κ3) is 5.29. The second kappa shape index (κ2) is 7.13. The number of rotatable bonds is 6. The van der Waals surface area contributed by atoms with Crippen molar-refractivity contribution >= 4 is 5.91 Å². The minimum atomic E-state index is -0.467. The van der Waals surface area contributed by atoms with E-state index in [0.29, 0.717) is 0 Å². The van der Waals surface area contributed by atoms with Gasteiger partial charge in [-0.2, -0.15) is 0 Å². The number of benzene rings is 1. The summed E-state index contributed by atoms with van der Waals surface area (Å²) in [6.45, 7) is 2.50. The molecule has 0 radical (unpaired) electrons. The summed E-state index contributed by atoms with van der Waals surface area (Å²) in [5.41, 5.74) is 6.80. The van der Waals surface area contributed by atoms with E-state index in [1.54, 1.807) is 6.92 Å². The molecule has 0 saturated heterocycles. The number of nitrogens with two attached hydrogens (primary N) is 1. The first-order valence-electron chi connectivity index (χ1n) is 6.23. The van der Waals surface area contributed by atoms with E-state index in [-0.39, 0.29) is 11.9 Å². The van der Waals surface area contributed by atoms with Gasteiger partial charge in [-0.3, -0.25) is 4.79 Å². The molecule has 0 aliphatic heterocycles. The Morgan fingerprint density at radius 3 is 2.44 bits per heavy atom. The largest absolute Gasteiger partial charge is 0.350 e. The van der Waals surface area contributed by atoms with Gasteiger partial charge in [0, 0.05) is 12.6 Å². The molecule has 1 amide bonds. The van der Waals surface area contributed by atoms with Crippen molar-refractivity contribution in [2.24, 2.45) is 5.73 Å². The number of carbonyl (C=O) groups excluding carboxylic acids is 1. The number of nitrogens with zero attached hydrogens (tertiary/aromatic N) is 1. The molecule has 0 bridgehead atoms. The van der Waals surface area contributed by atoms with Gasteiger partial charge < -0.3 is 16.0 Å². The Hall–Kier alpha value is -1.39. The van der Waals surface area contributed by atoms with Crippen molar-refractivity contribution in [1.82, 2.24) is 10.2 Å². The van der Waals surface area contributed by atoms with Crippen LogP contribution in [-0.4, -0.2) is 43.5 Å². The molecule has 0 aliphatic carbocycles. The molecule has 100 valence electrons. The Kier molecular flexibility index (Phi) is 5.82. The summed E-state index contributed by atoms with van der Waals surface area (Å²) in [5, 5.41) is 2.99. The van der Waals surface area contributed by atoms with Crippen LogP contribution in [-0.2, 0) is 11.2 Å². The van der Waals surface area contributed by atoms with Crippen LogP contribution in [0, 0.1) is 0 Å². The van der Waals surface area contributed by atoms with Gasteiger partial charge in [0.1, 0.15) is 0 Å². The molecular formula is C14H23N3O. The number of hydrogen-bond acceptors (Lipinski definition) is 3. The van der Waals surface area contributed by atoms with Crippen LogP contribution in [0.15, 0.2) is 30.3 Å². The molecule has 3 N–H and O–H groups in total. The Bertz CT molecular complexity index is 363. The predicted molar refractivity (Wildman–Crippen MR) is 74.3 cm³/mol. The molecular weight excluding hydrogens is 226 g/mol. The summed E-state index contributed by atoms with van der Waals surface area (Å²) in [6, 6.07) is 9.77. The van der Waals surface area contributed by atoms with E-state index in [0.717, 1.165) is 13.0 Å². The minimum Gasteiger partial charge on any atom is -0.350 e. The molecule has 0 saturated carbocycles. The maximum Gasteiger partial charge on any atom is 0.236 e. The van der Waals surface area contributed by atoms with Gasteiger partial charge in [0.25, 0.3) is 0 Å². The highest BCUT2D eigenvalue weighted by Crippen LogP contribution is 2.04. The second-order valence-corrected chi connectivity index (χ2v) is 4.95. The van der Waals surface area contributed by atoms with E-state index >= 15 is 0 Å². The highest BCUT2D eigenvalue weighted by atomic mass is 16.2. The van der Waals surface area contributed by atoms with Crippen LogP contribution in [0.2, 0.25) is 0 Å². The third-order valence-corrected chi connectivity index (χ3v) is 2.67. The van der Waals surface area contributed by atoms with Gasteiger partial charge in [0.2, 0.25) is 5.91 Å². The zero-order valence-corrected chi connectivity index (χ0v) is 11.4. The average molecular weight is 249 g/mol. The van der Waals surface area contributed by atoms with Crippen LogP contribution < -0.4 is 11.1 Å². The highest BCUT2D eigenvalue weighted by Gasteiger charge is 2.16. The quantitative estimate of drug-likeness (QED) is 0.777. The van der Waals surface area contributed by atoms with Gasteiger partial charge in [-0.1, -0.05) is 30.3 Å². The fourth-order valence-corrected chi connectivity index (χ4v) is 1.83. The van der Waals surface area contributed by atoms with Crippen LogP contribution in [0.3, 0.4) is 0 Å². The molecule has 4 nitrogen and oxygen atoms in total. The summed E-state index contributed by atoms with van der Waals surface area (Å²) >= 11 is 0. The van der Waals surface area contributed by atoms with Crippen LogP contribution in [0.1, 0.15) is 12.5 Å². The summed E-state index contributed by atoms with van der Waals surface area (Å²) in [7, 11) is 3.99. The monoisotopic (exact) mass is 249 g/mol. The summed E-state index contributed by atoms with van der Waals surface area (Å²) in [5.74, 6) is -0.0993. The van der Waals surface area contributed by atoms with Crippen molar-refractivity contribution < 1.29 is 4.79 Å². The van der Waals surface area contributed by atoms with E-state index < -0.39 is 6.04 Å². The van der Waals surface area contributed by atoms with Crippen molar-refractivity contribution in [1.29, 1.82) is 0 Å². The minimum absolute atomic E-state index is 0.0842. The zero-order chi connectivity index (χ0) is 13.5. The maximum atomic E-state index is 11.7. The van der Waals surface area contributed by atoms with E-state index in [1.807, 2.05) is 32.3 Å². The standard InChI is InChI=1S/C14H23N3O/c1-11(15)14(18)16-13(10-17(2)3)9-12-7-5-4-6-8-12/h4-8,11,13H,9-10,15H2,1-3H3,(H,16,18). The first-order chi connectivity index (χ1) is 8.49. The van der Waals surface area contributed by atoms with Gasteiger partial charge in [-0.25, -0.2) is 0 Å². The zero-order valence-electron chi connectivity index (χ0n) is 11.4. The lowest BCUT2D eigenvalue weighted by Gasteiger charge is -2.23. The van der Waals surface area contributed by atoms with Crippen LogP contribution >= 0.6 is 0 Å². The van der Waals surface area contributed by atoms with Crippen LogP contribution in [0.25, 0.3) is 0 Å². The summed E-state index contributed by atoms with van der Waals surface area (Å²) < 4.78 is 0. The van der Waals surface area contributed by atoms with Gasteiger partial charge in [-0.05, 0) is 33.0 Å². The first kappa shape index (κ1) is 14.7. The molecule has 18 heavy (non-hydrogen) atoms. The van der Waals surface area contributed by atoms with Crippen molar-refractivity contribution in [3.63, 3.8) is 0 Å². The topological polar surface area (TPSA) is 58.4 Å². The number of hydrogen-bond donors (Lipinski definition) is 2. The van der Waals surface area contributed by atoms with Crippen molar-refractivity contribution in [2.75, 3.05) is 20.6 Å². The van der Waals surface area contributed by atoms with Gasteiger partial charge in [-0.15, -0.1) is 0 Å². The highest BCUT2D eigenvalue weighted by molar-refractivity contribution is 5.81. The van der Waals surface area contributed by atoms with Gasteiger partial charge in [0.15, 0.2) is 0 Å². The lowest BCUT2D eigenvalue weighted by Crippen LogP contribution is -2.48. The Morgan fingerprint density at radius 1 is 1.33 bits per heavy atom. The Labute approximate surface area is 109 Å². The molecule has 0 spiro atoms. The molecule has 1 aromatic rings. The molecule has 0 aliphatic rings. The molecule has 0 aromatic heterocycles. The van der Waals surface area contributed by atoms with E-state index in [9.17, 15) is 4.79 Å². The number of carbonyl (C=O) groups is 1. The molecule has 2 atom stereocenters. The van der Waals surface area contributed by atoms with E-state index in [2.05, 4.69) is 22.3 Å². The van der Waals surface area contributed by atoms with Crippen LogP contribution in [0.5, 0.6) is 0 Å². The average Bonchev–Trinajstić information content (AvgIpc) is 2.29. The first-order valence-corrected chi connectivity index (χ1v) is 6.23. The molecule has 1 aromatic carbocycles. The van der Waals surface area contributed by atoms with Gasteiger partial charge >= 0.3 is 0 Å². The number of amides is 1. The molecule has 2 unspecified atom stereocenters. The maximum absolute atomic E-state index is 11.7. The summed E-state index contributed by atoms with van der Waals surface area (Å²) in [4.78, 5) is 13.7. The predicted octanol–water partition coefficient (Wildman–Crippen LogP) is 0.623. The van der Waals surface area contributed by atoms with Crippen molar-refractivity contribution in [2.45, 2.75) is 25.4 Å². The SMILES string of the molecule is CC(N)C(=O)NC(Cc1ccccc1)CN(C)C.